The zero-order valence-electron chi connectivity index (χ0n) is 19.3. The Kier molecular flexibility index (Phi) is 7.02. The van der Waals surface area contributed by atoms with Crippen LogP contribution in [-0.2, 0) is 11.2 Å². The van der Waals surface area contributed by atoms with E-state index in [0.717, 1.165) is 61.8 Å². The van der Waals surface area contributed by atoms with E-state index in [2.05, 4.69) is 21.2 Å². The van der Waals surface area contributed by atoms with Gasteiger partial charge in [-0.15, -0.1) is 0 Å². The van der Waals surface area contributed by atoms with Crippen molar-refractivity contribution in [2.45, 2.75) is 31.7 Å². The number of halogens is 1. The molecular formula is C26H32ClN3O4. The Balaban J connectivity index is 1.24. The predicted octanol–water partition coefficient (Wildman–Crippen LogP) is 3.47. The first kappa shape index (κ1) is 23.1. The topological polar surface area (TPSA) is 74.3 Å². The van der Waals surface area contributed by atoms with Gasteiger partial charge in [-0.2, -0.15) is 0 Å². The summed E-state index contributed by atoms with van der Waals surface area (Å²) in [7, 11) is 0. The van der Waals surface area contributed by atoms with Crippen molar-refractivity contribution in [3.05, 3.63) is 47.0 Å². The number of ether oxygens (including phenoxy) is 2. The van der Waals surface area contributed by atoms with E-state index < -0.39 is 0 Å². The van der Waals surface area contributed by atoms with Gasteiger partial charge in [0.15, 0.2) is 11.5 Å². The summed E-state index contributed by atoms with van der Waals surface area (Å²) in [6.45, 7) is 5.61. The van der Waals surface area contributed by atoms with Gasteiger partial charge in [-0.25, -0.2) is 0 Å². The Hall–Kier alpha value is -2.64. The monoisotopic (exact) mass is 485 g/mol. The average Bonchev–Trinajstić information content (AvgIpc) is 3.53. The van der Waals surface area contributed by atoms with Crippen LogP contribution in [-0.4, -0.2) is 67.9 Å². The molecule has 0 saturated carbocycles. The summed E-state index contributed by atoms with van der Waals surface area (Å²) in [5.74, 6) is 1.68. The largest absolute Gasteiger partial charge is 0.506 e. The summed E-state index contributed by atoms with van der Waals surface area (Å²) in [6.07, 6.45) is 3.99. The van der Waals surface area contributed by atoms with Crippen LogP contribution in [0, 0.1) is 5.92 Å². The molecule has 0 bridgehead atoms. The summed E-state index contributed by atoms with van der Waals surface area (Å²) >= 11 is 6.08. The molecule has 3 aliphatic rings. The molecule has 2 fully saturated rings. The number of rotatable bonds is 7. The maximum atomic E-state index is 13.3. The number of anilines is 1. The lowest BCUT2D eigenvalue weighted by molar-refractivity contribution is -0.125. The van der Waals surface area contributed by atoms with Crippen LogP contribution in [0.1, 0.15) is 24.8 Å². The number of benzene rings is 2. The van der Waals surface area contributed by atoms with Gasteiger partial charge in [-0.3, -0.25) is 4.79 Å². The number of likely N-dealkylation sites (tertiary alicyclic amines) is 1. The Morgan fingerprint density at radius 2 is 1.88 bits per heavy atom. The molecule has 5 rings (SSSR count). The molecule has 34 heavy (non-hydrogen) atoms. The van der Waals surface area contributed by atoms with Gasteiger partial charge in [-0.1, -0.05) is 17.7 Å². The van der Waals surface area contributed by atoms with Gasteiger partial charge >= 0.3 is 0 Å². The summed E-state index contributed by atoms with van der Waals surface area (Å²) in [6, 6.07) is 11.3. The summed E-state index contributed by atoms with van der Waals surface area (Å²) < 4.78 is 11.4. The van der Waals surface area contributed by atoms with Crippen LogP contribution < -0.4 is 19.7 Å². The van der Waals surface area contributed by atoms with E-state index in [1.54, 1.807) is 12.1 Å². The molecule has 0 aromatic heterocycles. The smallest absolute Gasteiger partial charge is 0.225 e. The molecule has 3 heterocycles. The fourth-order valence-electron chi connectivity index (χ4n) is 5.16. The van der Waals surface area contributed by atoms with Gasteiger partial charge in [0.2, 0.25) is 5.91 Å². The fourth-order valence-corrected chi connectivity index (χ4v) is 5.33. The van der Waals surface area contributed by atoms with Crippen LogP contribution in [0.15, 0.2) is 36.4 Å². The Labute approximate surface area is 205 Å². The van der Waals surface area contributed by atoms with Crippen LogP contribution in [0.25, 0.3) is 0 Å². The van der Waals surface area contributed by atoms with E-state index in [9.17, 15) is 9.90 Å². The molecule has 2 aromatic rings. The SMILES string of the molecule is O=C(NC(Cc1ccc2c(c1)OCCO2)CN1CCCC1)C1CCN(c2ccc(O)c(Cl)c2)C1. The zero-order chi connectivity index (χ0) is 23.5. The third kappa shape index (κ3) is 5.36. The summed E-state index contributed by atoms with van der Waals surface area (Å²) in [4.78, 5) is 17.9. The van der Waals surface area contributed by atoms with Gasteiger partial charge in [0.05, 0.1) is 10.9 Å². The second kappa shape index (κ2) is 10.3. The highest BCUT2D eigenvalue weighted by atomic mass is 35.5. The first-order valence-corrected chi connectivity index (χ1v) is 12.6. The van der Waals surface area contributed by atoms with Crippen molar-refractivity contribution in [3.8, 4) is 17.2 Å². The van der Waals surface area contributed by atoms with E-state index in [4.69, 9.17) is 21.1 Å². The number of aromatic hydroxyl groups is 1. The minimum absolute atomic E-state index is 0.0327. The fraction of sp³-hybridized carbons (Fsp3) is 0.500. The van der Waals surface area contributed by atoms with Crippen LogP contribution in [0.2, 0.25) is 5.02 Å². The number of nitrogens with zero attached hydrogens (tertiary/aromatic N) is 2. The van der Waals surface area contributed by atoms with Crippen molar-refractivity contribution < 1.29 is 19.4 Å². The summed E-state index contributed by atoms with van der Waals surface area (Å²) in [5, 5.41) is 13.4. The van der Waals surface area contributed by atoms with Crippen LogP contribution >= 0.6 is 11.6 Å². The van der Waals surface area contributed by atoms with Crippen molar-refractivity contribution in [1.82, 2.24) is 10.2 Å². The lowest BCUT2D eigenvalue weighted by Crippen LogP contribution is -2.46. The molecule has 7 nitrogen and oxygen atoms in total. The zero-order valence-corrected chi connectivity index (χ0v) is 20.1. The lowest BCUT2D eigenvalue weighted by atomic mass is 10.0. The first-order valence-electron chi connectivity index (χ1n) is 12.2. The van der Waals surface area contributed by atoms with Gasteiger partial charge < -0.3 is 29.7 Å². The number of hydrogen-bond acceptors (Lipinski definition) is 6. The van der Waals surface area contributed by atoms with Crippen molar-refractivity contribution in [1.29, 1.82) is 0 Å². The second-order valence-corrected chi connectivity index (χ2v) is 9.87. The Morgan fingerprint density at radius 1 is 1.09 bits per heavy atom. The van der Waals surface area contributed by atoms with Gasteiger partial charge in [0.25, 0.3) is 0 Å². The minimum atomic E-state index is -0.0751. The normalized spacial score (nSPS) is 21.0. The molecule has 2 N–H and O–H groups in total. The molecule has 0 aliphatic carbocycles. The van der Waals surface area contributed by atoms with Gasteiger partial charge in [0.1, 0.15) is 19.0 Å². The molecule has 182 valence electrons. The van der Waals surface area contributed by atoms with Crippen LogP contribution in [0.4, 0.5) is 5.69 Å². The molecule has 1 amide bonds. The molecule has 2 saturated heterocycles. The van der Waals surface area contributed by atoms with E-state index >= 15 is 0 Å². The molecule has 0 spiro atoms. The van der Waals surface area contributed by atoms with Gasteiger partial charge in [-0.05, 0) is 74.7 Å². The molecule has 8 heteroatoms. The highest BCUT2D eigenvalue weighted by Crippen LogP contribution is 2.32. The molecule has 3 aliphatic heterocycles. The first-order chi connectivity index (χ1) is 16.5. The molecular weight excluding hydrogens is 454 g/mol. The van der Waals surface area contributed by atoms with E-state index in [1.807, 2.05) is 18.2 Å². The number of hydrogen-bond donors (Lipinski definition) is 2. The maximum absolute atomic E-state index is 13.3. The van der Waals surface area contributed by atoms with E-state index in [0.29, 0.717) is 24.8 Å². The molecule has 2 unspecified atom stereocenters. The van der Waals surface area contributed by atoms with Crippen LogP contribution in [0.5, 0.6) is 17.2 Å². The third-order valence-electron chi connectivity index (χ3n) is 6.97. The maximum Gasteiger partial charge on any atom is 0.225 e. The lowest BCUT2D eigenvalue weighted by Gasteiger charge is -2.27. The molecule has 0 radical (unpaired) electrons. The third-order valence-corrected chi connectivity index (χ3v) is 7.27. The van der Waals surface area contributed by atoms with Gasteiger partial charge in [0, 0.05) is 31.4 Å². The minimum Gasteiger partial charge on any atom is -0.506 e. The number of fused-ring (bicyclic) bond motifs is 1. The van der Waals surface area contributed by atoms with E-state index in [-0.39, 0.29) is 23.6 Å². The van der Waals surface area contributed by atoms with Crippen molar-refractivity contribution in [2.24, 2.45) is 5.92 Å². The van der Waals surface area contributed by atoms with E-state index in [1.165, 1.54) is 12.8 Å². The quantitative estimate of drug-likeness (QED) is 0.625. The summed E-state index contributed by atoms with van der Waals surface area (Å²) in [5.41, 5.74) is 2.07. The van der Waals surface area contributed by atoms with Crippen molar-refractivity contribution in [3.63, 3.8) is 0 Å². The molecule has 2 atom stereocenters. The average molecular weight is 486 g/mol. The number of nitrogens with one attached hydrogen (secondary N) is 1. The second-order valence-electron chi connectivity index (χ2n) is 9.46. The Bertz CT molecular complexity index is 1030. The number of carbonyl (C=O) groups excluding carboxylic acids is 1. The highest BCUT2D eigenvalue weighted by Gasteiger charge is 2.31. The highest BCUT2D eigenvalue weighted by molar-refractivity contribution is 6.32. The number of amides is 1. The molecule has 2 aromatic carbocycles. The van der Waals surface area contributed by atoms with Crippen molar-refractivity contribution in [2.75, 3.05) is 50.8 Å². The number of phenols is 1. The van der Waals surface area contributed by atoms with Crippen LogP contribution in [0.3, 0.4) is 0 Å². The van der Waals surface area contributed by atoms with Crippen molar-refractivity contribution >= 4 is 23.2 Å². The Morgan fingerprint density at radius 3 is 2.68 bits per heavy atom. The number of phenolic OH excluding ortho intramolecular Hbond substituents is 1. The number of carbonyl (C=O) groups is 1. The predicted molar refractivity (Wildman–Crippen MR) is 132 cm³/mol. The standard InChI is InChI=1S/C26H32ClN3O4/c27-22-15-21(4-5-23(22)31)30-10-7-19(16-30)26(32)28-20(17-29-8-1-2-9-29)13-18-3-6-24-25(14-18)34-12-11-33-24/h3-6,14-15,19-20,31H,1-2,7-13,16-17H2,(H,28,32).